The summed E-state index contributed by atoms with van der Waals surface area (Å²) in [4.78, 5) is 24.4. The van der Waals surface area contributed by atoms with Crippen molar-refractivity contribution in [3.63, 3.8) is 0 Å². The van der Waals surface area contributed by atoms with Crippen LogP contribution in [0.3, 0.4) is 0 Å². The molecule has 2 unspecified atom stereocenters. The molecule has 0 bridgehead atoms. The van der Waals surface area contributed by atoms with E-state index in [-0.39, 0.29) is 18.5 Å². The second-order valence-electron chi connectivity index (χ2n) is 16.4. The van der Waals surface area contributed by atoms with Gasteiger partial charge in [-0.15, -0.1) is 0 Å². The maximum Gasteiger partial charge on any atom is 0.305 e. The number of ether oxygens (including phenoxy) is 1. The van der Waals surface area contributed by atoms with Gasteiger partial charge in [0.25, 0.3) is 0 Å². The maximum atomic E-state index is 12.4. The number of allylic oxidation sites excluding steroid dienone is 9. The van der Waals surface area contributed by atoms with Crippen LogP contribution in [0, 0.1) is 0 Å². The molecule has 0 aromatic rings. The normalized spacial score (nSPS) is 13.2. The number of unbranched alkanes of at least 4 members (excludes halogenated alkanes) is 25. The van der Waals surface area contributed by atoms with Crippen molar-refractivity contribution in [2.75, 3.05) is 13.2 Å². The highest BCUT2D eigenvalue weighted by Gasteiger charge is 2.17. The van der Waals surface area contributed by atoms with Crippen molar-refractivity contribution < 1.29 is 24.5 Å². The van der Waals surface area contributed by atoms with Crippen LogP contribution in [0.25, 0.3) is 0 Å². The number of rotatable bonds is 44. The predicted octanol–water partition coefficient (Wildman–Crippen LogP) is 14.5. The maximum absolute atomic E-state index is 12.4. The monoisotopic (exact) mass is 812 g/mol. The van der Waals surface area contributed by atoms with Crippen LogP contribution in [0.5, 0.6) is 0 Å². The molecule has 6 heteroatoms. The second kappa shape index (κ2) is 47.2. The Balaban J connectivity index is 3.62. The number of hydrogen-bond acceptors (Lipinski definition) is 5. The topological polar surface area (TPSA) is 95.9 Å². The molecule has 0 aliphatic heterocycles. The van der Waals surface area contributed by atoms with E-state index < -0.39 is 12.1 Å². The quantitative estimate of drug-likeness (QED) is 0.0323. The Morgan fingerprint density at radius 1 is 0.483 bits per heavy atom. The Morgan fingerprint density at radius 3 is 1.40 bits per heavy atom. The van der Waals surface area contributed by atoms with E-state index in [1.807, 2.05) is 12.2 Å². The SMILES string of the molecule is CCCC/C=C\C/C=C\CCCCCCCC(=O)OCCCCCCCC/C=C\C/C=C\CCC(=O)NC(CO)C(O)/C=C/CCCCCCCCCCCCCC. The molecular weight excluding hydrogens is 719 g/mol. The number of esters is 1. The van der Waals surface area contributed by atoms with Crippen molar-refractivity contribution in [3.05, 3.63) is 60.8 Å². The van der Waals surface area contributed by atoms with E-state index in [0.29, 0.717) is 25.9 Å². The molecule has 2 atom stereocenters. The first-order valence-corrected chi connectivity index (χ1v) is 24.6. The fourth-order valence-corrected chi connectivity index (χ4v) is 6.93. The molecule has 58 heavy (non-hydrogen) atoms. The molecule has 1 amide bonds. The number of aliphatic hydroxyl groups is 2. The standard InChI is InChI=1S/C52H93NO5/c1-3-5-7-9-11-13-15-17-20-24-28-32-36-40-44-50(55)49(48-54)53-51(56)45-41-37-33-29-25-21-19-23-27-31-35-39-43-47-58-52(57)46-42-38-34-30-26-22-18-16-14-12-10-8-6-4-2/h10,12,16,18,21,25,33,37,40,44,49-50,54-55H,3-9,11,13-15,17,19-20,22-24,26-32,34-36,38-39,41-43,45-48H2,1-2H3,(H,53,56)/b12-10-,18-16-,25-21-,37-33-,44-40+. The molecule has 0 spiro atoms. The lowest BCUT2D eigenvalue weighted by atomic mass is 10.0. The van der Waals surface area contributed by atoms with Gasteiger partial charge in [0.05, 0.1) is 25.4 Å². The summed E-state index contributed by atoms with van der Waals surface area (Å²) in [5.41, 5.74) is 0. The van der Waals surface area contributed by atoms with Gasteiger partial charge in [-0.3, -0.25) is 9.59 Å². The van der Waals surface area contributed by atoms with E-state index in [9.17, 15) is 19.8 Å². The highest BCUT2D eigenvalue weighted by atomic mass is 16.5. The van der Waals surface area contributed by atoms with Crippen LogP contribution in [0.4, 0.5) is 0 Å². The minimum absolute atomic E-state index is 0.0345. The summed E-state index contributed by atoms with van der Waals surface area (Å²) in [6.07, 6.45) is 59.4. The lowest BCUT2D eigenvalue weighted by molar-refractivity contribution is -0.143. The van der Waals surface area contributed by atoms with Crippen LogP contribution < -0.4 is 5.32 Å². The highest BCUT2D eigenvalue weighted by Crippen LogP contribution is 2.14. The third-order valence-corrected chi connectivity index (χ3v) is 10.8. The van der Waals surface area contributed by atoms with E-state index in [0.717, 1.165) is 64.2 Å². The fourth-order valence-electron chi connectivity index (χ4n) is 6.93. The smallest absolute Gasteiger partial charge is 0.305 e. The number of carbonyl (C=O) groups is 2. The highest BCUT2D eigenvalue weighted by molar-refractivity contribution is 5.76. The second-order valence-corrected chi connectivity index (χ2v) is 16.4. The lowest BCUT2D eigenvalue weighted by Crippen LogP contribution is -2.45. The van der Waals surface area contributed by atoms with Gasteiger partial charge in [-0.05, 0) is 77.0 Å². The van der Waals surface area contributed by atoms with Crippen molar-refractivity contribution in [1.82, 2.24) is 5.32 Å². The van der Waals surface area contributed by atoms with Crippen LogP contribution in [-0.4, -0.2) is 47.4 Å². The molecule has 0 aromatic carbocycles. The number of aliphatic hydroxyl groups excluding tert-OH is 2. The van der Waals surface area contributed by atoms with Gasteiger partial charge in [-0.2, -0.15) is 0 Å². The predicted molar refractivity (Wildman–Crippen MR) is 250 cm³/mol. The summed E-state index contributed by atoms with van der Waals surface area (Å²) in [5, 5.41) is 22.9. The molecule has 0 rings (SSSR count). The van der Waals surface area contributed by atoms with Crippen molar-refractivity contribution in [1.29, 1.82) is 0 Å². The Labute approximate surface area is 358 Å². The molecule has 0 aliphatic rings. The van der Waals surface area contributed by atoms with Gasteiger partial charge in [0.2, 0.25) is 5.91 Å². The number of nitrogens with one attached hydrogen (secondary N) is 1. The summed E-state index contributed by atoms with van der Waals surface area (Å²) < 4.78 is 5.43. The number of hydrogen-bond donors (Lipinski definition) is 3. The van der Waals surface area contributed by atoms with Gasteiger partial charge in [-0.25, -0.2) is 0 Å². The van der Waals surface area contributed by atoms with Crippen LogP contribution in [0.1, 0.15) is 232 Å². The molecule has 336 valence electrons. The molecular formula is C52H93NO5. The minimum atomic E-state index is -0.880. The molecule has 0 saturated heterocycles. The van der Waals surface area contributed by atoms with Gasteiger partial charge in [-0.1, -0.05) is 203 Å². The Bertz CT molecular complexity index is 1030. The Morgan fingerprint density at radius 2 is 0.897 bits per heavy atom. The Hall–Kier alpha value is -2.44. The van der Waals surface area contributed by atoms with Gasteiger partial charge >= 0.3 is 5.97 Å². The first-order valence-electron chi connectivity index (χ1n) is 24.6. The molecule has 3 N–H and O–H groups in total. The molecule has 0 aliphatic carbocycles. The average molecular weight is 812 g/mol. The summed E-state index contributed by atoms with van der Waals surface area (Å²) >= 11 is 0. The largest absolute Gasteiger partial charge is 0.466 e. The average Bonchev–Trinajstić information content (AvgIpc) is 3.22. The van der Waals surface area contributed by atoms with E-state index in [1.165, 1.54) is 135 Å². The molecule has 0 radical (unpaired) electrons. The fraction of sp³-hybridized carbons (Fsp3) is 0.769. The van der Waals surface area contributed by atoms with Gasteiger partial charge in [0.1, 0.15) is 0 Å². The van der Waals surface area contributed by atoms with Crippen molar-refractivity contribution in [3.8, 4) is 0 Å². The summed E-state index contributed by atoms with van der Waals surface area (Å²) in [7, 11) is 0. The van der Waals surface area contributed by atoms with Gasteiger partial charge in [0, 0.05) is 12.8 Å². The lowest BCUT2D eigenvalue weighted by Gasteiger charge is -2.19. The van der Waals surface area contributed by atoms with Gasteiger partial charge in [0.15, 0.2) is 0 Å². The molecule has 0 fully saturated rings. The zero-order valence-electron chi connectivity index (χ0n) is 38.0. The third-order valence-electron chi connectivity index (χ3n) is 10.8. The summed E-state index contributed by atoms with van der Waals surface area (Å²) in [5.74, 6) is -0.186. The minimum Gasteiger partial charge on any atom is -0.466 e. The van der Waals surface area contributed by atoms with E-state index in [1.54, 1.807) is 6.08 Å². The van der Waals surface area contributed by atoms with Gasteiger partial charge < -0.3 is 20.3 Å². The van der Waals surface area contributed by atoms with Crippen LogP contribution in [-0.2, 0) is 14.3 Å². The van der Waals surface area contributed by atoms with Crippen molar-refractivity contribution in [2.45, 2.75) is 244 Å². The van der Waals surface area contributed by atoms with E-state index in [4.69, 9.17) is 4.74 Å². The van der Waals surface area contributed by atoms with Crippen LogP contribution >= 0.6 is 0 Å². The van der Waals surface area contributed by atoms with Crippen molar-refractivity contribution >= 4 is 11.9 Å². The Kier molecular flexibility index (Phi) is 45.3. The molecule has 0 aromatic heterocycles. The zero-order chi connectivity index (χ0) is 42.3. The van der Waals surface area contributed by atoms with Crippen LogP contribution in [0.15, 0.2) is 60.8 Å². The third kappa shape index (κ3) is 43.1. The summed E-state index contributed by atoms with van der Waals surface area (Å²) in [6.45, 7) is 4.77. The van der Waals surface area contributed by atoms with E-state index >= 15 is 0 Å². The molecule has 0 saturated carbocycles. The number of amides is 1. The first kappa shape index (κ1) is 55.6. The summed E-state index contributed by atoms with van der Waals surface area (Å²) in [6, 6.07) is -0.673. The first-order chi connectivity index (χ1) is 28.5. The number of carbonyl (C=O) groups excluding carboxylic acids is 2. The van der Waals surface area contributed by atoms with Crippen LogP contribution in [0.2, 0.25) is 0 Å². The zero-order valence-corrected chi connectivity index (χ0v) is 38.0. The van der Waals surface area contributed by atoms with Crippen molar-refractivity contribution in [2.24, 2.45) is 0 Å². The molecule has 6 nitrogen and oxygen atoms in total. The van der Waals surface area contributed by atoms with E-state index in [2.05, 4.69) is 61.7 Å². The molecule has 0 heterocycles.